The number of amides is 1. The van der Waals surface area contributed by atoms with E-state index in [1.54, 1.807) is 6.08 Å². The lowest BCUT2D eigenvalue weighted by Crippen LogP contribution is -2.45. The second kappa shape index (κ2) is 48.0. The number of rotatable bonds is 47. The molecule has 0 rings (SSSR count). The third kappa shape index (κ3) is 43.9. The third-order valence-electron chi connectivity index (χ3n) is 11.7. The summed E-state index contributed by atoms with van der Waals surface area (Å²) in [6.07, 6.45) is 56.0. The van der Waals surface area contributed by atoms with Gasteiger partial charge in [-0.15, -0.1) is 0 Å². The fraction of sp³-hybridized carbons (Fsp3) is 0.885. The Labute approximate surface area is 361 Å². The third-order valence-corrected chi connectivity index (χ3v) is 11.7. The van der Waals surface area contributed by atoms with Gasteiger partial charge < -0.3 is 20.3 Å². The molecule has 0 radical (unpaired) electrons. The predicted octanol–water partition coefficient (Wildman–Crippen LogP) is 15.1. The van der Waals surface area contributed by atoms with Gasteiger partial charge in [0.15, 0.2) is 0 Å². The molecule has 0 aromatic carbocycles. The Morgan fingerprint density at radius 3 is 1.22 bits per heavy atom. The summed E-state index contributed by atoms with van der Waals surface area (Å²) in [6.45, 7) is 4.85. The highest BCUT2D eigenvalue weighted by atomic mass is 16.5. The van der Waals surface area contributed by atoms with Crippen molar-refractivity contribution in [1.29, 1.82) is 0 Å². The zero-order valence-corrected chi connectivity index (χ0v) is 38.8. The van der Waals surface area contributed by atoms with E-state index in [4.69, 9.17) is 4.74 Å². The van der Waals surface area contributed by atoms with Crippen LogP contribution in [0.1, 0.15) is 271 Å². The minimum Gasteiger partial charge on any atom is -0.466 e. The van der Waals surface area contributed by atoms with Crippen molar-refractivity contribution < 1.29 is 24.5 Å². The summed E-state index contributed by atoms with van der Waals surface area (Å²) in [4.78, 5) is 24.4. The summed E-state index contributed by atoms with van der Waals surface area (Å²) < 4.78 is 5.45. The molecule has 58 heavy (non-hydrogen) atoms. The number of hydrogen-bond donors (Lipinski definition) is 3. The number of nitrogens with one attached hydrogen (secondary N) is 1. The second-order valence-electron chi connectivity index (χ2n) is 17.5. The van der Waals surface area contributed by atoms with Crippen molar-refractivity contribution in [3.05, 3.63) is 24.3 Å². The summed E-state index contributed by atoms with van der Waals surface area (Å²) >= 11 is 0. The fourth-order valence-corrected chi connectivity index (χ4v) is 7.74. The minimum atomic E-state index is -0.854. The standard InChI is InChI=1S/C52H99NO5/c1-3-5-7-9-11-13-15-17-19-20-24-28-32-36-40-44-50(55)49(48-54)53-51(56)45-41-37-33-29-25-22-23-27-31-35-39-43-47-58-52(57)46-42-38-34-30-26-21-18-16-14-12-10-8-6-4-2/h16,18,40,44,49-50,54-55H,3-15,17,19-39,41-43,45-48H2,1-2H3,(H,53,56)/b18-16-,44-40+. The number of aliphatic hydroxyl groups is 2. The molecule has 0 heterocycles. The number of allylic oxidation sites excluding steroid dienone is 3. The Morgan fingerprint density at radius 1 is 0.466 bits per heavy atom. The van der Waals surface area contributed by atoms with Crippen LogP contribution in [-0.4, -0.2) is 47.4 Å². The lowest BCUT2D eigenvalue weighted by atomic mass is 10.0. The van der Waals surface area contributed by atoms with E-state index >= 15 is 0 Å². The molecule has 3 N–H and O–H groups in total. The van der Waals surface area contributed by atoms with E-state index in [2.05, 4.69) is 31.3 Å². The normalized spacial score (nSPS) is 12.8. The van der Waals surface area contributed by atoms with Crippen molar-refractivity contribution in [3.8, 4) is 0 Å². The average molecular weight is 818 g/mol. The van der Waals surface area contributed by atoms with Crippen LogP contribution < -0.4 is 5.32 Å². The Bertz CT molecular complexity index is 904. The first-order chi connectivity index (χ1) is 28.5. The van der Waals surface area contributed by atoms with Crippen LogP contribution in [0.3, 0.4) is 0 Å². The SMILES string of the molecule is CCCCCCC/C=C\CCCCCCCC(=O)OCCCCCCCCCCCCCCC(=O)NC(CO)C(O)/C=C/CCCCCCCCCCCCCCC. The quantitative estimate of drug-likeness (QED) is 0.0323. The Hall–Kier alpha value is -1.66. The first-order valence-corrected chi connectivity index (χ1v) is 25.6. The molecule has 0 saturated carbocycles. The number of aliphatic hydroxyl groups excluding tert-OH is 2. The first-order valence-electron chi connectivity index (χ1n) is 25.6. The van der Waals surface area contributed by atoms with Crippen molar-refractivity contribution in [2.45, 2.75) is 283 Å². The molecule has 0 saturated heterocycles. The van der Waals surface area contributed by atoms with Gasteiger partial charge in [0.2, 0.25) is 5.91 Å². The van der Waals surface area contributed by atoms with Crippen LogP contribution in [0.2, 0.25) is 0 Å². The van der Waals surface area contributed by atoms with Crippen molar-refractivity contribution in [2.24, 2.45) is 0 Å². The van der Waals surface area contributed by atoms with Gasteiger partial charge in [0.05, 0.1) is 25.4 Å². The number of carbonyl (C=O) groups excluding carboxylic acids is 2. The van der Waals surface area contributed by atoms with E-state index in [1.165, 1.54) is 186 Å². The van der Waals surface area contributed by atoms with E-state index in [1.807, 2.05) is 6.08 Å². The van der Waals surface area contributed by atoms with Gasteiger partial charge in [-0.2, -0.15) is 0 Å². The largest absolute Gasteiger partial charge is 0.466 e. The van der Waals surface area contributed by atoms with Crippen LogP contribution >= 0.6 is 0 Å². The molecule has 0 aliphatic carbocycles. The maximum atomic E-state index is 12.4. The van der Waals surface area contributed by atoms with Gasteiger partial charge in [-0.3, -0.25) is 9.59 Å². The monoisotopic (exact) mass is 818 g/mol. The summed E-state index contributed by atoms with van der Waals surface area (Å²) in [7, 11) is 0. The maximum absolute atomic E-state index is 12.4. The summed E-state index contributed by atoms with van der Waals surface area (Å²) in [6, 6.07) is -0.639. The summed E-state index contributed by atoms with van der Waals surface area (Å²) in [5.41, 5.74) is 0. The van der Waals surface area contributed by atoms with Crippen LogP contribution in [0.4, 0.5) is 0 Å². The number of unbranched alkanes of at least 4 members (excludes halogenated alkanes) is 34. The molecule has 342 valence electrons. The van der Waals surface area contributed by atoms with E-state index in [0.717, 1.165) is 57.8 Å². The fourth-order valence-electron chi connectivity index (χ4n) is 7.74. The van der Waals surface area contributed by atoms with Gasteiger partial charge in [-0.1, -0.05) is 224 Å². The highest BCUT2D eigenvalue weighted by Gasteiger charge is 2.18. The van der Waals surface area contributed by atoms with Crippen LogP contribution in [-0.2, 0) is 14.3 Å². The molecule has 6 heteroatoms. The smallest absolute Gasteiger partial charge is 0.305 e. The number of esters is 1. The highest BCUT2D eigenvalue weighted by molar-refractivity contribution is 5.76. The molecule has 0 bridgehead atoms. The predicted molar refractivity (Wildman–Crippen MR) is 250 cm³/mol. The molecule has 1 amide bonds. The Morgan fingerprint density at radius 2 is 0.810 bits per heavy atom. The topological polar surface area (TPSA) is 95.9 Å². The first kappa shape index (κ1) is 56.3. The molecule has 2 unspecified atom stereocenters. The molecule has 0 spiro atoms. The van der Waals surface area contributed by atoms with Gasteiger partial charge in [0.25, 0.3) is 0 Å². The van der Waals surface area contributed by atoms with E-state index < -0.39 is 12.1 Å². The van der Waals surface area contributed by atoms with Crippen LogP contribution in [0.25, 0.3) is 0 Å². The van der Waals surface area contributed by atoms with Crippen molar-refractivity contribution in [2.75, 3.05) is 13.2 Å². The van der Waals surface area contributed by atoms with Gasteiger partial charge >= 0.3 is 5.97 Å². The van der Waals surface area contributed by atoms with Crippen molar-refractivity contribution >= 4 is 11.9 Å². The Balaban J connectivity index is 3.50. The van der Waals surface area contributed by atoms with E-state index in [0.29, 0.717) is 19.4 Å². The minimum absolute atomic E-state index is 0.0196. The van der Waals surface area contributed by atoms with Crippen LogP contribution in [0.5, 0.6) is 0 Å². The lowest BCUT2D eigenvalue weighted by molar-refractivity contribution is -0.143. The van der Waals surface area contributed by atoms with Gasteiger partial charge in [0, 0.05) is 12.8 Å². The van der Waals surface area contributed by atoms with E-state index in [-0.39, 0.29) is 18.5 Å². The summed E-state index contributed by atoms with van der Waals surface area (Å²) in [5, 5.41) is 23.0. The molecule has 6 nitrogen and oxygen atoms in total. The Kier molecular flexibility index (Phi) is 46.6. The van der Waals surface area contributed by atoms with Gasteiger partial charge in [-0.05, 0) is 57.8 Å². The molecule has 0 aromatic heterocycles. The maximum Gasteiger partial charge on any atom is 0.305 e. The molecule has 0 aliphatic rings. The zero-order valence-electron chi connectivity index (χ0n) is 38.8. The second-order valence-corrected chi connectivity index (χ2v) is 17.5. The van der Waals surface area contributed by atoms with Crippen LogP contribution in [0.15, 0.2) is 24.3 Å². The van der Waals surface area contributed by atoms with Crippen LogP contribution in [0, 0.1) is 0 Å². The number of hydrogen-bond acceptors (Lipinski definition) is 5. The summed E-state index contributed by atoms with van der Waals surface area (Å²) in [5.74, 6) is -0.103. The van der Waals surface area contributed by atoms with E-state index in [9.17, 15) is 19.8 Å². The molecule has 0 aliphatic heterocycles. The molecular formula is C52H99NO5. The molecule has 0 fully saturated rings. The van der Waals surface area contributed by atoms with Crippen molar-refractivity contribution in [3.63, 3.8) is 0 Å². The molecular weight excluding hydrogens is 719 g/mol. The highest BCUT2D eigenvalue weighted by Crippen LogP contribution is 2.15. The lowest BCUT2D eigenvalue weighted by Gasteiger charge is -2.20. The van der Waals surface area contributed by atoms with Gasteiger partial charge in [0.1, 0.15) is 0 Å². The molecule has 0 aromatic rings. The van der Waals surface area contributed by atoms with Gasteiger partial charge in [-0.25, -0.2) is 0 Å². The molecule has 2 atom stereocenters. The van der Waals surface area contributed by atoms with Crippen molar-refractivity contribution in [1.82, 2.24) is 5.32 Å². The average Bonchev–Trinajstić information content (AvgIpc) is 3.22. The number of carbonyl (C=O) groups is 2. The number of ether oxygens (including phenoxy) is 1. The zero-order chi connectivity index (χ0) is 42.3.